The minimum absolute atomic E-state index is 0.111. The topological polar surface area (TPSA) is 104 Å². The van der Waals surface area contributed by atoms with Crippen LogP contribution in [0.4, 0.5) is 10.1 Å². The van der Waals surface area contributed by atoms with E-state index in [0.29, 0.717) is 17.0 Å². The number of ether oxygens (including phenoxy) is 1. The van der Waals surface area contributed by atoms with Crippen LogP contribution in [0.3, 0.4) is 0 Å². The van der Waals surface area contributed by atoms with E-state index >= 15 is 0 Å². The van der Waals surface area contributed by atoms with Gasteiger partial charge < -0.3 is 10.1 Å². The molecule has 0 bridgehead atoms. The Bertz CT molecular complexity index is 1200. The summed E-state index contributed by atoms with van der Waals surface area (Å²) in [4.78, 5) is 24.3. The average molecular weight is 430 g/mol. The number of aryl methyl sites for hydroxylation is 1. The molecule has 0 atom stereocenters. The van der Waals surface area contributed by atoms with Gasteiger partial charge in [-0.2, -0.15) is 10.4 Å². The highest BCUT2D eigenvalue weighted by atomic mass is 19.1. The predicted molar refractivity (Wildman–Crippen MR) is 118 cm³/mol. The zero-order valence-corrected chi connectivity index (χ0v) is 17.1. The van der Waals surface area contributed by atoms with Crippen LogP contribution in [0.1, 0.15) is 27.0 Å². The Morgan fingerprint density at radius 3 is 2.59 bits per heavy atom. The van der Waals surface area contributed by atoms with Crippen molar-refractivity contribution in [2.75, 3.05) is 11.9 Å². The van der Waals surface area contributed by atoms with E-state index in [9.17, 15) is 14.0 Å². The third-order valence-corrected chi connectivity index (χ3v) is 4.33. The first-order valence-electron chi connectivity index (χ1n) is 9.57. The molecule has 8 heteroatoms. The zero-order chi connectivity index (χ0) is 22.9. The summed E-state index contributed by atoms with van der Waals surface area (Å²) in [7, 11) is 0. The number of amides is 2. The molecule has 0 aromatic heterocycles. The number of rotatable bonds is 7. The van der Waals surface area contributed by atoms with Crippen molar-refractivity contribution in [3.8, 4) is 11.8 Å². The molecule has 0 heterocycles. The van der Waals surface area contributed by atoms with Crippen LogP contribution >= 0.6 is 0 Å². The van der Waals surface area contributed by atoms with Crippen molar-refractivity contribution in [2.24, 2.45) is 5.10 Å². The van der Waals surface area contributed by atoms with E-state index in [1.54, 1.807) is 42.5 Å². The third kappa shape index (κ3) is 6.00. The van der Waals surface area contributed by atoms with E-state index in [1.807, 2.05) is 19.1 Å². The fourth-order valence-electron chi connectivity index (χ4n) is 2.69. The zero-order valence-electron chi connectivity index (χ0n) is 17.1. The lowest BCUT2D eigenvalue weighted by molar-refractivity contribution is -0.118. The maximum Gasteiger partial charge on any atom is 0.274 e. The summed E-state index contributed by atoms with van der Waals surface area (Å²) >= 11 is 0. The van der Waals surface area contributed by atoms with E-state index in [-0.39, 0.29) is 23.6 Å². The summed E-state index contributed by atoms with van der Waals surface area (Å²) < 4.78 is 19.5. The predicted octanol–water partition coefficient (Wildman–Crippen LogP) is 3.79. The van der Waals surface area contributed by atoms with Gasteiger partial charge in [-0.3, -0.25) is 9.59 Å². The van der Waals surface area contributed by atoms with E-state index in [2.05, 4.69) is 15.8 Å². The number of para-hydroxylation sites is 1. The summed E-state index contributed by atoms with van der Waals surface area (Å²) in [5.74, 6) is -1.53. The molecule has 7 nitrogen and oxygen atoms in total. The minimum atomic E-state index is -0.819. The molecular formula is C24H19FN4O3. The Balaban J connectivity index is 1.59. The molecule has 160 valence electrons. The molecule has 32 heavy (non-hydrogen) atoms. The number of halogens is 1. The molecule has 0 aliphatic rings. The second-order valence-electron chi connectivity index (χ2n) is 6.75. The summed E-state index contributed by atoms with van der Waals surface area (Å²) in [5.41, 5.74) is 4.36. The van der Waals surface area contributed by atoms with Gasteiger partial charge in [0.1, 0.15) is 11.6 Å². The number of benzene rings is 3. The molecule has 3 aromatic carbocycles. The minimum Gasteiger partial charge on any atom is -0.483 e. The van der Waals surface area contributed by atoms with Crippen LogP contribution in [0.25, 0.3) is 0 Å². The molecule has 0 unspecified atom stereocenters. The van der Waals surface area contributed by atoms with Gasteiger partial charge in [0.15, 0.2) is 6.61 Å². The van der Waals surface area contributed by atoms with Crippen molar-refractivity contribution in [3.63, 3.8) is 0 Å². The van der Waals surface area contributed by atoms with Gasteiger partial charge in [-0.25, -0.2) is 9.82 Å². The Morgan fingerprint density at radius 2 is 1.88 bits per heavy atom. The first kappa shape index (κ1) is 22.2. The lowest BCUT2D eigenvalue weighted by Gasteiger charge is -2.10. The normalized spacial score (nSPS) is 10.4. The van der Waals surface area contributed by atoms with Crippen LogP contribution in [0.5, 0.6) is 5.75 Å². The second kappa shape index (κ2) is 10.5. The molecule has 0 radical (unpaired) electrons. The average Bonchev–Trinajstić information content (AvgIpc) is 2.79. The molecule has 0 fully saturated rings. The maximum atomic E-state index is 13.9. The van der Waals surface area contributed by atoms with Crippen LogP contribution in [0.2, 0.25) is 0 Å². The summed E-state index contributed by atoms with van der Waals surface area (Å²) in [6, 6.07) is 19.5. The maximum absolute atomic E-state index is 13.9. The summed E-state index contributed by atoms with van der Waals surface area (Å²) in [6.45, 7) is 1.73. The van der Waals surface area contributed by atoms with Crippen LogP contribution in [0, 0.1) is 24.1 Å². The molecule has 0 spiro atoms. The standard InChI is InChI=1S/C24H19FN4O3/c1-16-6-9-19(10-7-16)28-23(30)15-32-22-5-3-2-4-18(22)14-27-29-24(31)20-11-8-17(13-26)12-21(20)25/h2-12,14H,15H2,1H3,(H,28,30)(H,29,31)/b27-14+. The smallest absolute Gasteiger partial charge is 0.274 e. The van der Waals surface area contributed by atoms with Crippen molar-refractivity contribution in [3.05, 3.63) is 94.8 Å². The molecule has 3 rings (SSSR count). The van der Waals surface area contributed by atoms with Gasteiger partial charge in [-0.15, -0.1) is 0 Å². The number of nitrogens with one attached hydrogen (secondary N) is 2. The van der Waals surface area contributed by atoms with Crippen LogP contribution in [-0.2, 0) is 4.79 Å². The first-order chi connectivity index (χ1) is 15.5. The largest absolute Gasteiger partial charge is 0.483 e. The van der Waals surface area contributed by atoms with E-state index < -0.39 is 11.7 Å². The number of carbonyl (C=O) groups is 2. The molecular weight excluding hydrogens is 411 g/mol. The monoisotopic (exact) mass is 430 g/mol. The Labute approximate surface area is 184 Å². The number of hydrazone groups is 1. The highest BCUT2D eigenvalue weighted by Crippen LogP contribution is 2.16. The Hall–Kier alpha value is -4.51. The molecule has 0 aliphatic heterocycles. The van der Waals surface area contributed by atoms with Crippen molar-refractivity contribution in [1.29, 1.82) is 5.26 Å². The van der Waals surface area contributed by atoms with Crippen molar-refractivity contribution in [2.45, 2.75) is 6.92 Å². The van der Waals surface area contributed by atoms with Gasteiger partial charge in [0.25, 0.3) is 11.8 Å². The SMILES string of the molecule is Cc1ccc(NC(=O)COc2ccccc2/C=N/NC(=O)c2ccc(C#N)cc2F)cc1. The third-order valence-electron chi connectivity index (χ3n) is 4.33. The molecule has 2 N–H and O–H groups in total. The fraction of sp³-hybridized carbons (Fsp3) is 0.0833. The van der Waals surface area contributed by atoms with E-state index in [1.165, 1.54) is 18.3 Å². The molecule has 0 saturated heterocycles. The molecule has 2 amide bonds. The van der Waals surface area contributed by atoms with Gasteiger partial charge >= 0.3 is 0 Å². The molecule has 0 aliphatic carbocycles. The van der Waals surface area contributed by atoms with Crippen LogP contribution < -0.4 is 15.5 Å². The van der Waals surface area contributed by atoms with Crippen molar-refractivity contribution in [1.82, 2.24) is 5.43 Å². The van der Waals surface area contributed by atoms with Gasteiger partial charge in [-0.1, -0.05) is 29.8 Å². The number of anilines is 1. The highest BCUT2D eigenvalue weighted by Gasteiger charge is 2.12. The lowest BCUT2D eigenvalue weighted by atomic mass is 10.1. The highest BCUT2D eigenvalue weighted by molar-refractivity contribution is 5.95. The fourth-order valence-corrected chi connectivity index (χ4v) is 2.69. The molecule has 3 aromatic rings. The van der Waals surface area contributed by atoms with Gasteiger partial charge in [0.05, 0.1) is 23.4 Å². The summed E-state index contributed by atoms with van der Waals surface area (Å²) in [5, 5.41) is 15.3. The number of carbonyl (C=O) groups excluding carboxylic acids is 2. The van der Waals surface area contributed by atoms with E-state index in [4.69, 9.17) is 10.00 Å². The van der Waals surface area contributed by atoms with Gasteiger partial charge in [0.2, 0.25) is 0 Å². The summed E-state index contributed by atoms with van der Waals surface area (Å²) in [6.07, 6.45) is 1.33. The van der Waals surface area contributed by atoms with Gasteiger partial charge in [-0.05, 0) is 49.4 Å². The lowest BCUT2D eigenvalue weighted by Crippen LogP contribution is -2.21. The number of nitriles is 1. The number of hydrogen-bond acceptors (Lipinski definition) is 5. The number of nitrogens with zero attached hydrogens (tertiary/aromatic N) is 2. The van der Waals surface area contributed by atoms with Gasteiger partial charge in [0, 0.05) is 11.3 Å². The first-order valence-corrected chi connectivity index (χ1v) is 9.57. The second-order valence-corrected chi connectivity index (χ2v) is 6.75. The molecule has 0 saturated carbocycles. The van der Waals surface area contributed by atoms with Crippen molar-refractivity contribution < 1.29 is 18.7 Å². The quantitative estimate of drug-likeness (QED) is 0.440. The number of hydrogen-bond donors (Lipinski definition) is 2. The van der Waals surface area contributed by atoms with Crippen molar-refractivity contribution >= 4 is 23.7 Å². The van der Waals surface area contributed by atoms with Crippen LogP contribution in [-0.4, -0.2) is 24.6 Å². The Kier molecular flexibility index (Phi) is 7.28. The van der Waals surface area contributed by atoms with Crippen LogP contribution in [0.15, 0.2) is 71.8 Å². The van der Waals surface area contributed by atoms with E-state index in [0.717, 1.165) is 11.6 Å². The Morgan fingerprint density at radius 1 is 1.12 bits per heavy atom.